The number of halogens is 1. The van der Waals surface area contributed by atoms with Gasteiger partial charge in [0, 0.05) is 30.2 Å². The van der Waals surface area contributed by atoms with Crippen LogP contribution in [0.3, 0.4) is 0 Å². The zero-order valence-corrected chi connectivity index (χ0v) is 15.1. The number of anilines is 2. The lowest BCUT2D eigenvalue weighted by Crippen LogP contribution is -2.25. The molecule has 2 aromatic rings. The van der Waals surface area contributed by atoms with Gasteiger partial charge >= 0.3 is 0 Å². The number of para-hydroxylation sites is 2. The summed E-state index contributed by atoms with van der Waals surface area (Å²) in [5.74, 6) is -0.252. The summed E-state index contributed by atoms with van der Waals surface area (Å²) in [5, 5.41) is 2.79. The fourth-order valence-corrected chi connectivity index (χ4v) is 3.39. The third-order valence-corrected chi connectivity index (χ3v) is 4.64. The Balaban J connectivity index is 1.53. The third-order valence-electron chi connectivity index (χ3n) is 4.64. The van der Waals surface area contributed by atoms with Crippen LogP contribution in [-0.2, 0) is 20.9 Å². The van der Waals surface area contributed by atoms with Crippen LogP contribution in [0.2, 0.25) is 0 Å². The van der Waals surface area contributed by atoms with Gasteiger partial charge in [0.05, 0.1) is 18.0 Å². The highest BCUT2D eigenvalue weighted by Gasteiger charge is 2.24. The largest absolute Gasteiger partial charge is 0.467 e. The lowest BCUT2D eigenvalue weighted by atomic mass is 10.1. The van der Waals surface area contributed by atoms with E-state index in [0.717, 1.165) is 6.42 Å². The van der Waals surface area contributed by atoms with Gasteiger partial charge in [-0.1, -0.05) is 12.1 Å². The van der Waals surface area contributed by atoms with Crippen molar-refractivity contribution >= 4 is 29.3 Å². The standard InChI is InChI=1S/C21H19FN2O4/c22-16-10-14(21-15(11-16)12-27-13-28-21)7-8-19(25)23-17-4-1-2-5-18(17)24-9-3-6-20(24)26/h1-2,4-5,7-8,10-11H,3,6,9,12-13H2,(H,23,25)/b8-7+. The van der Waals surface area contributed by atoms with Gasteiger partial charge in [-0.15, -0.1) is 0 Å². The van der Waals surface area contributed by atoms with E-state index in [1.54, 1.807) is 23.1 Å². The van der Waals surface area contributed by atoms with Gasteiger partial charge < -0.3 is 19.7 Å². The zero-order chi connectivity index (χ0) is 19.5. The second kappa shape index (κ2) is 7.82. The molecule has 2 aliphatic heterocycles. The molecule has 2 amide bonds. The summed E-state index contributed by atoms with van der Waals surface area (Å²) in [6, 6.07) is 9.83. The van der Waals surface area contributed by atoms with Crippen molar-refractivity contribution < 1.29 is 23.5 Å². The summed E-state index contributed by atoms with van der Waals surface area (Å²) in [5.41, 5.74) is 2.30. The lowest BCUT2D eigenvalue weighted by Gasteiger charge is -2.20. The highest BCUT2D eigenvalue weighted by molar-refractivity contribution is 6.06. The molecular formula is C21H19FN2O4. The second-order valence-corrected chi connectivity index (χ2v) is 6.58. The number of rotatable bonds is 4. The quantitative estimate of drug-likeness (QED) is 0.823. The van der Waals surface area contributed by atoms with E-state index < -0.39 is 5.82 Å². The first-order valence-corrected chi connectivity index (χ1v) is 9.03. The molecule has 7 heteroatoms. The molecule has 2 aromatic carbocycles. The molecule has 0 radical (unpaired) electrons. The highest BCUT2D eigenvalue weighted by Crippen LogP contribution is 2.31. The molecule has 0 bridgehead atoms. The molecule has 144 valence electrons. The maximum atomic E-state index is 13.8. The van der Waals surface area contributed by atoms with Crippen LogP contribution in [0.4, 0.5) is 15.8 Å². The molecule has 0 spiro atoms. The van der Waals surface area contributed by atoms with Crippen LogP contribution in [0.5, 0.6) is 5.75 Å². The number of fused-ring (bicyclic) bond motifs is 1. The van der Waals surface area contributed by atoms with Crippen LogP contribution in [-0.4, -0.2) is 25.2 Å². The zero-order valence-electron chi connectivity index (χ0n) is 15.1. The molecule has 1 fully saturated rings. The van der Waals surface area contributed by atoms with Gasteiger partial charge in [0.15, 0.2) is 6.79 Å². The minimum atomic E-state index is -0.425. The summed E-state index contributed by atoms with van der Waals surface area (Å²) in [7, 11) is 0. The summed E-state index contributed by atoms with van der Waals surface area (Å²) >= 11 is 0. The molecule has 28 heavy (non-hydrogen) atoms. The van der Waals surface area contributed by atoms with Gasteiger partial charge in [0.25, 0.3) is 0 Å². The third kappa shape index (κ3) is 3.75. The van der Waals surface area contributed by atoms with Crippen LogP contribution in [0.25, 0.3) is 6.08 Å². The first-order chi connectivity index (χ1) is 13.6. The first-order valence-electron chi connectivity index (χ1n) is 9.03. The van der Waals surface area contributed by atoms with Crippen molar-refractivity contribution in [2.75, 3.05) is 23.6 Å². The minimum Gasteiger partial charge on any atom is -0.467 e. The molecule has 0 unspecified atom stereocenters. The molecule has 1 saturated heterocycles. The van der Waals surface area contributed by atoms with Crippen molar-refractivity contribution in [2.24, 2.45) is 0 Å². The Morgan fingerprint density at radius 1 is 1.25 bits per heavy atom. The van der Waals surface area contributed by atoms with Crippen LogP contribution < -0.4 is 15.0 Å². The summed E-state index contributed by atoms with van der Waals surface area (Å²) in [6.45, 7) is 0.983. The normalized spacial score (nSPS) is 16.2. The lowest BCUT2D eigenvalue weighted by molar-refractivity contribution is -0.117. The Bertz CT molecular complexity index is 957. The van der Waals surface area contributed by atoms with E-state index in [1.807, 2.05) is 6.07 Å². The number of hydrogen-bond donors (Lipinski definition) is 1. The first kappa shape index (κ1) is 18.2. The van der Waals surface area contributed by atoms with Crippen molar-refractivity contribution in [3.8, 4) is 5.75 Å². The smallest absolute Gasteiger partial charge is 0.248 e. The molecule has 2 aliphatic rings. The van der Waals surface area contributed by atoms with E-state index in [4.69, 9.17) is 9.47 Å². The number of amides is 2. The van der Waals surface area contributed by atoms with Crippen LogP contribution in [0.15, 0.2) is 42.5 Å². The topological polar surface area (TPSA) is 67.9 Å². The number of ether oxygens (including phenoxy) is 2. The predicted molar refractivity (Wildman–Crippen MR) is 102 cm³/mol. The maximum absolute atomic E-state index is 13.8. The molecule has 0 aliphatic carbocycles. The molecular weight excluding hydrogens is 363 g/mol. The van der Waals surface area contributed by atoms with E-state index in [-0.39, 0.29) is 25.2 Å². The molecule has 1 N–H and O–H groups in total. The fraction of sp³-hybridized carbons (Fsp3) is 0.238. The SMILES string of the molecule is O=C(/C=C/c1cc(F)cc2c1OCOC2)Nc1ccccc1N1CCCC1=O. The van der Waals surface area contributed by atoms with Crippen LogP contribution >= 0.6 is 0 Å². The van der Waals surface area contributed by atoms with Gasteiger partial charge in [0.1, 0.15) is 11.6 Å². The summed E-state index contributed by atoms with van der Waals surface area (Å²) < 4.78 is 24.4. The number of benzene rings is 2. The monoisotopic (exact) mass is 382 g/mol. The van der Waals surface area contributed by atoms with Crippen molar-refractivity contribution in [1.82, 2.24) is 0 Å². The number of nitrogens with zero attached hydrogens (tertiary/aromatic N) is 1. The summed E-state index contributed by atoms with van der Waals surface area (Å²) in [6.07, 6.45) is 4.13. The Labute approximate surface area is 161 Å². The van der Waals surface area contributed by atoms with Crippen molar-refractivity contribution in [2.45, 2.75) is 19.4 Å². The molecule has 6 nitrogen and oxygen atoms in total. The fourth-order valence-electron chi connectivity index (χ4n) is 3.39. The van der Waals surface area contributed by atoms with Gasteiger partial charge in [0.2, 0.25) is 11.8 Å². The van der Waals surface area contributed by atoms with Gasteiger partial charge in [-0.25, -0.2) is 4.39 Å². The van der Waals surface area contributed by atoms with Gasteiger partial charge in [-0.3, -0.25) is 9.59 Å². The predicted octanol–water partition coefficient (Wildman–Crippen LogP) is 3.47. The van der Waals surface area contributed by atoms with Crippen molar-refractivity contribution in [3.05, 3.63) is 59.4 Å². The van der Waals surface area contributed by atoms with Crippen LogP contribution in [0, 0.1) is 5.82 Å². The average Bonchev–Trinajstić information content (AvgIpc) is 3.12. The van der Waals surface area contributed by atoms with Gasteiger partial charge in [-0.05, 0) is 36.8 Å². The Morgan fingerprint density at radius 3 is 2.93 bits per heavy atom. The maximum Gasteiger partial charge on any atom is 0.248 e. The molecule has 2 heterocycles. The minimum absolute atomic E-state index is 0.0444. The highest BCUT2D eigenvalue weighted by atomic mass is 19.1. The van der Waals surface area contributed by atoms with Crippen LogP contribution in [0.1, 0.15) is 24.0 Å². The van der Waals surface area contributed by atoms with E-state index in [1.165, 1.54) is 24.3 Å². The Hall–Kier alpha value is -3.19. The summed E-state index contributed by atoms with van der Waals surface area (Å²) in [4.78, 5) is 26.1. The molecule has 0 atom stereocenters. The van der Waals surface area contributed by atoms with Crippen molar-refractivity contribution in [1.29, 1.82) is 0 Å². The Kier molecular flexibility index (Phi) is 5.08. The molecule has 0 saturated carbocycles. The number of carbonyl (C=O) groups excluding carboxylic acids is 2. The average molecular weight is 382 g/mol. The molecule has 4 rings (SSSR count). The van der Waals surface area contributed by atoms with E-state index in [2.05, 4.69) is 5.32 Å². The molecule has 0 aromatic heterocycles. The Morgan fingerprint density at radius 2 is 2.11 bits per heavy atom. The number of nitrogens with one attached hydrogen (secondary N) is 1. The number of hydrogen-bond acceptors (Lipinski definition) is 4. The number of carbonyl (C=O) groups is 2. The van der Waals surface area contributed by atoms with E-state index >= 15 is 0 Å². The van der Waals surface area contributed by atoms with E-state index in [9.17, 15) is 14.0 Å². The van der Waals surface area contributed by atoms with Crippen molar-refractivity contribution in [3.63, 3.8) is 0 Å². The second-order valence-electron chi connectivity index (χ2n) is 6.58. The van der Waals surface area contributed by atoms with Gasteiger partial charge in [-0.2, -0.15) is 0 Å². The van der Waals surface area contributed by atoms with E-state index in [0.29, 0.717) is 41.2 Å².